The average Bonchev–Trinajstić information content (AvgIpc) is 2.27. The van der Waals surface area contributed by atoms with Gasteiger partial charge in [-0.05, 0) is 49.9 Å². The molecule has 3 nitrogen and oxygen atoms in total. The van der Waals surface area contributed by atoms with Gasteiger partial charge >= 0.3 is 0 Å². The molecule has 0 aliphatic heterocycles. The van der Waals surface area contributed by atoms with Crippen molar-refractivity contribution in [2.75, 3.05) is 6.54 Å². The largest absolute Gasteiger partial charge is 0.350 e. The van der Waals surface area contributed by atoms with Crippen molar-refractivity contribution in [3.8, 4) is 0 Å². The molecule has 0 saturated heterocycles. The minimum absolute atomic E-state index is 0. The molecule has 0 atom stereocenters. The molecule has 0 spiro atoms. The molecule has 0 aromatic heterocycles. The normalized spacial score (nSPS) is 16.4. The molecule has 1 saturated carbocycles. The van der Waals surface area contributed by atoms with Gasteiger partial charge in [-0.15, -0.1) is 12.4 Å². The van der Waals surface area contributed by atoms with Crippen LogP contribution in [0.1, 0.15) is 35.2 Å². The van der Waals surface area contributed by atoms with E-state index in [9.17, 15) is 4.79 Å². The lowest BCUT2D eigenvalue weighted by molar-refractivity contribution is 0.0929. The number of hydrogen-bond donors (Lipinski definition) is 2. The molecule has 1 amide bonds. The second kappa shape index (κ2) is 6.04. The maximum atomic E-state index is 11.9. The van der Waals surface area contributed by atoms with E-state index in [0.29, 0.717) is 12.1 Å². The van der Waals surface area contributed by atoms with Crippen molar-refractivity contribution in [3.63, 3.8) is 0 Å². The lowest BCUT2D eigenvalue weighted by atomic mass is 9.78. The summed E-state index contributed by atoms with van der Waals surface area (Å²) in [6.45, 7) is 2.54. The van der Waals surface area contributed by atoms with Gasteiger partial charge in [-0.2, -0.15) is 0 Å². The van der Waals surface area contributed by atoms with Crippen molar-refractivity contribution in [2.45, 2.75) is 31.7 Å². The molecule has 1 aromatic rings. The number of nitrogens with two attached hydrogens (primary N) is 1. The van der Waals surface area contributed by atoms with Gasteiger partial charge in [-0.1, -0.05) is 15.9 Å². The predicted molar refractivity (Wildman–Crippen MR) is 79.2 cm³/mol. The Kier molecular flexibility index (Phi) is 5.20. The van der Waals surface area contributed by atoms with Gasteiger partial charge < -0.3 is 11.1 Å². The first-order valence-electron chi connectivity index (χ1n) is 5.83. The number of amides is 1. The van der Waals surface area contributed by atoms with E-state index in [-0.39, 0.29) is 23.9 Å². The highest BCUT2D eigenvalue weighted by Gasteiger charge is 2.32. The first kappa shape index (κ1) is 15.5. The van der Waals surface area contributed by atoms with Gasteiger partial charge in [-0.25, -0.2) is 0 Å². The van der Waals surface area contributed by atoms with Gasteiger partial charge in [0.2, 0.25) is 0 Å². The Morgan fingerprint density at radius 1 is 1.50 bits per heavy atom. The summed E-state index contributed by atoms with van der Waals surface area (Å²) in [5.41, 5.74) is 7.64. The monoisotopic (exact) mass is 332 g/mol. The number of halogens is 2. The van der Waals surface area contributed by atoms with Crippen LogP contribution in [0.5, 0.6) is 0 Å². The van der Waals surface area contributed by atoms with Crippen molar-refractivity contribution < 1.29 is 4.79 Å². The van der Waals surface area contributed by atoms with Gasteiger partial charge in [-0.3, -0.25) is 4.79 Å². The molecule has 1 aliphatic carbocycles. The molecule has 2 rings (SSSR count). The summed E-state index contributed by atoms with van der Waals surface area (Å²) in [7, 11) is 0. The molecule has 3 N–H and O–H groups in total. The van der Waals surface area contributed by atoms with Crippen molar-refractivity contribution in [2.24, 2.45) is 5.73 Å². The van der Waals surface area contributed by atoms with E-state index in [4.69, 9.17) is 5.73 Å². The third-order valence-corrected chi connectivity index (χ3v) is 4.26. The van der Waals surface area contributed by atoms with Crippen molar-refractivity contribution in [1.29, 1.82) is 0 Å². The van der Waals surface area contributed by atoms with Crippen molar-refractivity contribution >= 4 is 34.2 Å². The van der Waals surface area contributed by atoms with Crippen molar-refractivity contribution in [1.82, 2.24) is 5.32 Å². The summed E-state index contributed by atoms with van der Waals surface area (Å²) >= 11 is 3.42. The average molecular weight is 334 g/mol. The summed E-state index contributed by atoms with van der Waals surface area (Å²) in [6, 6.07) is 5.59. The Labute approximate surface area is 122 Å². The molecule has 1 aromatic carbocycles. The summed E-state index contributed by atoms with van der Waals surface area (Å²) < 4.78 is 1.02. The van der Waals surface area contributed by atoms with E-state index in [0.717, 1.165) is 22.9 Å². The molecule has 0 heterocycles. The number of rotatable bonds is 3. The Balaban J connectivity index is 0.00000162. The third kappa shape index (κ3) is 3.46. The molecule has 0 unspecified atom stereocenters. The van der Waals surface area contributed by atoms with E-state index in [1.54, 1.807) is 0 Å². The maximum Gasteiger partial charge on any atom is 0.251 e. The molecule has 100 valence electrons. The standard InChI is InChI=1S/C13H17BrN2O.ClH/c1-9-7-10(3-4-11(9)14)12(17)16-8-13(15)5-2-6-13;/h3-4,7H,2,5-6,8,15H2,1H3,(H,16,17);1H. The lowest BCUT2D eigenvalue weighted by Crippen LogP contribution is -2.54. The number of carbonyl (C=O) groups excluding carboxylic acids is 1. The van der Waals surface area contributed by atoms with Gasteiger partial charge in [0.1, 0.15) is 0 Å². The van der Waals surface area contributed by atoms with Gasteiger partial charge in [0.05, 0.1) is 0 Å². The molecule has 5 heteroatoms. The van der Waals surface area contributed by atoms with E-state index >= 15 is 0 Å². The molecule has 0 radical (unpaired) electrons. The highest BCUT2D eigenvalue weighted by atomic mass is 79.9. The van der Waals surface area contributed by atoms with Crippen LogP contribution in [0.15, 0.2) is 22.7 Å². The maximum absolute atomic E-state index is 11.9. The van der Waals surface area contributed by atoms with Crippen LogP contribution < -0.4 is 11.1 Å². The van der Waals surface area contributed by atoms with Gasteiger partial charge in [0.25, 0.3) is 5.91 Å². The molecule has 0 bridgehead atoms. The highest BCUT2D eigenvalue weighted by Crippen LogP contribution is 2.28. The smallest absolute Gasteiger partial charge is 0.251 e. The Hall–Kier alpha value is -0.580. The first-order chi connectivity index (χ1) is 8.00. The fraction of sp³-hybridized carbons (Fsp3) is 0.462. The number of benzene rings is 1. The molecule has 1 fully saturated rings. The predicted octanol–water partition coefficient (Wildman–Crippen LogP) is 2.79. The van der Waals surface area contributed by atoms with Crippen LogP contribution in [-0.4, -0.2) is 18.0 Å². The third-order valence-electron chi connectivity index (χ3n) is 3.37. The van der Waals surface area contributed by atoms with Crippen LogP contribution in [0.3, 0.4) is 0 Å². The van der Waals surface area contributed by atoms with Crippen LogP contribution in [0, 0.1) is 6.92 Å². The Morgan fingerprint density at radius 2 is 2.17 bits per heavy atom. The van der Waals surface area contributed by atoms with Crippen LogP contribution in [0.4, 0.5) is 0 Å². The zero-order chi connectivity index (χ0) is 12.5. The van der Waals surface area contributed by atoms with Crippen LogP contribution in [0.2, 0.25) is 0 Å². The second-order valence-electron chi connectivity index (χ2n) is 4.86. The zero-order valence-electron chi connectivity index (χ0n) is 10.3. The SMILES string of the molecule is Cc1cc(C(=O)NCC2(N)CCC2)ccc1Br.Cl. The second-order valence-corrected chi connectivity index (χ2v) is 5.72. The van der Waals surface area contributed by atoms with Crippen molar-refractivity contribution in [3.05, 3.63) is 33.8 Å². The van der Waals surface area contributed by atoms with E-state index in [1.165, 1.54) is 6.42 Å². The molecule has 18 heavy (non-hydrogen) atoms. The zero-order valence-corrected chi connectivity index (χ0v) is 12.7. The van der Waals surface area contributed by atoms with E-state index in [2.05, 4.69) is 21.2 Å². The minimum atomic E-state index is -0.167. The molecule has 1 aliphatic rings. The summed E-state index contributed by atoms with van der Waals surface area (Å²) in [5, 5.41) is 2.91. The molecular formula is C13H18BrClN2O. The molecular weight excluding hydrogens is 316 g/mol. The van der Waals surface area contributed by atoms with Crippen LogP contribution in [-0.2, 0) is 0 Å². The summed E-state index contributed by atoms with van der Waals surface area (Å²) in [4.78, 5) is 11.9. The quantitative estimate of drug-likeness (QED) is 0.893. The number of carbonyl (C=O) groups is 1. The minimum Gasteiger partial charge on any atom is -0.350 e. The Bertz CT molecular complexity index is 447. The lowest BCUT2D eigenvalue weighted by Gasteiger charge is -2.38. The number of hydrogen-bond acceptors (Lipinski definition) is 2. The topological polar surface area (TPSA) is 55.1 Å². The number of aryl methyl sites for hydroxylation is 1. The van der Waals surface area contributed by atoms with Gasteiger partial charge in [0.15, 0.2) is 0 Å². The first-order valence-corrected chi connectivity index (χ1v) is 6.63. The summed E-state index contributed by atoms with van der Waals surface area (Å²) in [6.07, 6.45) is 3.18. The van der Waals surface area contributed by atoms with Gasteiger partial charge in [0, 0.05) is 22.1 Å². The fourth-order valence-corrected chi connectivity index (χ4v) is 2.20. The highest BCUT2D eigenvalue weighted by molar-refractivity contribution is 9.10. The van der Waals surface area contributed by atoms with Crippen LogP contribution in [0.25, 0.3) is 0 Å². The van der Waals surface area contributed by atoms with E-state index in [1.807, 2.05) is 25.1 Å². The van der Waals surface area contributed by atoms with E-state index < -0.39 is 0 Å². The number of nitrogens with one attached hydrogen (secondary N) is 1. The Morgan fingerprint density at radius 3 is 2.67 bits per heavy atom. The summed E-state index contributed by atoms with van der Waals surface area (Å²) in [5.74, 6) is -0.0441. The van der Waals surface area contributed by atoms with Crippen LogP contribution >= 0.6 is 28.3 Å². The fourth-order valence-electron chi connectivity index (χ4n) is 1.95.